The van der Waals surface area contributed by atoms with Gasteiger partial charge in [0, 0.05) is 39.8 Å². The van der Waals surface area contributed by atoms with Crippen molar-refractivity contribution in [2.24, 2.45) is 11.8 Å². The quantitative estimate of drug-likeness (QED) is 0.548. The first-order valence-electron chi connectivity index (χ1n) is 7.05. The van der Waals surface area contributed by atoms with Crippen molar-refractivity contribution in [3.8, 4) is 0 Å². The molecule has 0 aromatic heterocycles. The first-order chi connectivity index (χ1) is 8.45. The highest BCUT2D eigenvalue weighted by Crippen LogP contribution is 2.04. The van der Waals surface area contributed by atoms with Gasteiger partial charge in [0.05, 0.1) is 12.7 Å². The zero-order chi connectivity index (χ0) is 14.0. The van der Waals surface area contributed by atoms with Crippen LogP contribution in [-0.2, 0) is 4.74 Å². The van der Waals surface area contributed by atoms with E-state index in [1.165, 1.54) is 0 Å². The van der Waals surface area contributed by atoms with Crippen LogP contribution >= 0.6 is 0 Å². The molecule has 0 saturated carbocycles. The van der Waals surface area contributed by atoms with Gasteiger partial charge in [0.1, 0.15) is 0 Å². The van der Waals surface area contributed by atoms with Crippen LogP contribution in [0, 0.1) is 11.8 Å². The van der Waals surface area contributed by atoms with E-state index in [1.54, 1.807) is 7.11 Å². The summed E-state index contributed by atoms with van der Waals surface area (Å²) in [5, 5.41) is 13.2. The van der Waals surface area contributed by atoms with Gasteiger partial charge in [0.25, 0.3) is 0 Å². The Bertz CT molecular complexity index is 177. The maximum Gasteiger partial charge on any atom is 0.0791 e. The lowest BCUT2D eigenvalue weighted by atomic mass is 10.1. The number of aliphatic hydroxyl groups is 1. The van der Waals surface area contributed by atoms with Crippen LogP contribution in [0.1, 0.15) is 27.7 Å². The highest BCUT2D eigenvalue weighted by molar-refractivity contribution is 4.69. The predicted molar refractivity (Wildman–Crippen MR) is 76.9 cm³/mol. The van der Waals surface area contributed by atoms with E-state index in [0.717, 1.165) is 26.2 Å². The molecule has 0 spiro atoms. The molecule has 1 unspecified atom stereocenters. The third-order valence-corrected chi connectivity index (χ3v) is 2.58. The van der Waals surface area contributed by atoms with Crippen LogP contribution in [0.15, 0.2) is 0 Å². The molecule has 0 rings (SSSR count). The van der Waals surface area contributed by atoms with Crippen molar-refractivity contribution in [3.63, 3.8) is 0 Å². The van der Waals surface area contributed by atoms with Crippen LogP contribution in [0.2, 0.25) is 0 Å². The summed E-state index contributed by atoms with van der Waals surface area (Å²) >= 11 is 0. The fourth-order valence-electron chi connectivity index (χ4n) is 2.06. The molecule has 0 aliphatic heterocycles. The van der Waals surface area contributed by atoms with Crippen molar-refractivity contribution in [1.29, 1.82) is 0 Å². The molecular formula is C14H32N2O2. The van der Waals surface area contributed by atoms with Gasteiger partial charge in [0.15, 0.2) is 0 Å². The van der Waals surface area contributed by atoms with Crippen LogP contribution in [-0.4, -0.2) is 62.6 Å². The summed E-state index contributed by atoms with van der Waals surface area (Å²) in [5.41, 5.74) is 0. The summed E-state index contributed by atoms with van der Waals surface area (Å²) in [5.74, 6) is 1.27. The lowest BCUT2D eigenvalue weighted by Crippen LogP contribution is -2.41. The standard InChI is InChI=1S/C14H32N2O2/c1-12(2)9-16(10-13(3)4)11-14(17)8-15-6-7-18-5/h12-15,17H,6-11H2,1-5H3. The Morgan fingerprint density at radius 3 is 2.06 bits per heavy atom. The monoisotopic (exact) mass is 260 g/mol. The minimum atomic E-state index is -0.306. The van der Waals surface area contributed by atoms with Gasteiger partial charge in [-0.2, -0.15) is 0 Å². The zero-order valence-electron chi connectivity index (χ0n) is 12.8. The number of methoxy groups -OCH3 is 1. The van der Waals surface area contributed by atoms with Crippen LogP contribution in [0.25, 0.3) is 0 Å². The lowest BCUT2D eigenvalue weighted by molar-refractivity contribution is 0.0955. The summed E-state index contributed by atoms with van der Waals surface area (Å²) in [4.78, 5) is 2.36. The van der Waals surface area contributed by atoms with Crippen molar-refractivity contribution in [1.82, 2.24) is 10.2 Å². The van der Waals surface area contributed by atoms with Crippen molar-refractivity contribution < 1.29 is 9.84 Å². The molecule has 0 saturated heterocycles. The van der Waals surface area contributed by atoms with Gasteiger partial charge in [0.2, 0.25) is 0 Å². The van der Waals surface area contributed by atoms with Crippen LogP contribution in [0.3, 0.4) is 0 Å². The number of ether oxygens (including phenoxy) is 1. The van der Waals surface area contributed by atoms with Crippen LogP contribution in [0.5, 0.6) is 0 Å². The molecule has 0 radical (unpaired) electrons. The van der Waals surface area contributed by atoms with Gasteiger partial charge < -0.3 is 20.1 Å². The van der Waals surface area contributed by atoms with E-state index in [9.17, 15) is 5.11 Å². The smallest absolute Gasteiger partial charge is 0.0791 e. The van der Waals surface area contributed by atoms with Crippen molar-refractivity contribution in [2.75, 3.05) is 46.4 Å². The van der Waals surface area contributed by atoms with E-state index in [2.05, 4.69) is 37.9 Å². The molecule has 0 aliphatic carbocycles. The molecule has 0 heterocycles. The summed E-state index contributed by atoms with van der Waals surface area (Å²) in [6.07, 6.45) is -0.306. The van der Waals surface area contributed by atoms with Gasteiger partial charge >= 0.3 is 0 Å². The van der Waals surface area contributed by atoms with E-state index >= 15 is 0 Å². The minimum Gasteiger partial charge on any atom is -0.390 e. The van der Waals surface area contributed by atoms with Crippen LogP contribution in [0.4, 0.5) is 0 Å². The second-order valence-electron chi connectivity index (χ2n) is 5.86. The fourth-order valence-corrected chi connectivity index (χ4v) is 2.06. The molecule has 0 aromatic carbocycles. The van der Waals surface area contributed by atoms with Gasteiger partial charge in [-0.05, 0) is 11.8 Å². The summed E-state index contributed by atoms with van der Waals surface area (Å²) in [6, 6.07) is 0. The Morgan fingerprint density at radius 2 is 1.61 bits per heavy atom. The van der Waals surface area contributed by atoms with E-state index in [0.29, 0.717) is 25.0 Å². The Balaban J connectivity index is 3.89. The van der Waals surface area contributed by atoms with Gasteiger partial charge in [-0.15, -0.1) is 0 Å². The third kappa shape index (κ3) is 11.0. The Hall–Kier alpha value is -0.160. The first kappa shape index (κ1) is 17.8. The zero-order valence-corrected chi connectivity index (χ0v) is 12.8. The molecule has 110 valence electrons. The molecule has 1 atom stereocenters. The van der Waals surface area contributed by atoms with E-state index in [1.807, 2.05) is 0 Å². The molecule has 4 nitrogen and oxygen atoms in total. The average Bonchev–Trinajstić information content (AvgIpc) is 2.22. The van der Waals surface area contributed by atoms with Crippen molar-refractivity contribution in [3.05, 3.63) is 0 Å². The lowest BCUT2D eigenvalue weighted by Gasteiger charge is -2.28. The summed E-state index contributed by atoms with van der Waals surface area (Å²) in [7, 11) is 1.69. The largest absolute Gasteiger partial charge is 0.390 e. The molecule has 0 bridgehead atoms. The van der Waals surface area contributed by atoms with Crippen molar-refractivity contribution >= 4 is 0 Å². The Kier molecular flexibility index (Phi) is 10.6. The maximum absolute atomic E-state index is 10.00. The van der Waals surface area contributed by atoms with Gasteiger partial charge in [-0.3, -0.25) is 0 Å². The molecule has 0 aliphatic rings. The summed E-state index contributed by atoms with van der Waals surface area (Å²) in [6.45, 7) is 13.8. The molecule has 0 aromatic rings. The predicted octanol–water partition coefficient (Wildman–Crippen LogP) is 1.20. The second-order valence-corrected chi connectivity index (χ2v) is 5.86. The van der Waals surface area contributed by atoms with Gasteiger partial charge in [-0.1, -0.05) is 27.7 Å². The second kappa shape index (κ2) is 10.7. The van der Waals surface area contributed by atoms with E-state index in [-0.39, 0.29) is 6.10 Å². The average molecular weight is 260 g/mol. The van der Waals surface area contributed by atoms with Crippen LogP contribution < -0.4 is 5.32 Å². The molecule has 0 fully saturated rings. The SMILES string of the molecule is COCCNCC(O)CN(CC(C)C)CC(C)C. The molecular weight excluding hydrogens is 228 g/mol. The number of nitrogens with zero attached hydrogens (tertiary/aromatic N) is 1. The number of nitrogens with one attached hydrogen (secondary N) is 1. The first-order valence-corrected chi connectivity index (χ1v) is 7.05. The molecule has 0 amide bonds. The Labute approximate surface area is 113 Å². The number of rotatable bonds is 11. The van der Waals surface area contributed by atoms with E-state index < -0.39 is 0 Å². The highest BCUT2D eigenvalue weighted by atomic mass is 16.5. The molecule has 4 heteroatoms. The maximum atomic E-state index is 10.00. The Morgan fingerprint density at radius 1 is 1.06 bits per heavy atom. The number of hydrogen-bond acceptors (Lipinski definition) is 4. The van der Waals surface area contributed by atoms with Gasteiger partial charge in [-0.25, -0.2) is 0 Å². The topological polar surface area (TPSA) is 44.7 Å². The normalized spacial score (nSPS) is 13.8. The summed E-state index contributed by atoms with van der Waals surface area (Å²) < 4.78 is 4.96. The molecule has 18 heavy (non-hydrogen) atoms. The fraction of sp³-hybridized carbons (Fsp3) is 1.00. The van der Waals surface area contributed by atoms with E-state index in [4.69, 9.17) is 4.74 Å². The minimum absolute atomic E-state index is 0.306. The number of hydrogen-bond donors (Lipinski definition) is 2. The molecule has 2 N–H and O–H groups in total. The van der Waals surface area contributed by atoms with Crippen molar-refractivity contribution in [2.45, 2.75) is 33.8 Å². The third-order valence-electron chi connectivity index (χ3n) is 2.58. The number of aliphatic hydroxyl groups excluding tert-OH is 1. The highest BCUT2D eigenvalue weighted by Gasteiger charge is 2.14.